The third-order valence-corrected chi connectivity index (χ3v) is 3.17. The number of anilines is 1. The van der Waals surface area contributed by atoms with Crippen molar-refractivity contribution < 1.29 is 4.79 Å². The van der Waals surface area contributed by atoms with E-state index in [4.69, 9.17) is 7.85 Å². The molecule has 0 unspecified atom stereocenters. The maximum Gasteiger partial charge on any atom is 0.200 e. The fourth-order valence-corrected chi connectivity index (χ4v) is 2.16. The molecule has 0 bridgehead atoms. The molecular weight excluding hydrogens is 259 g/mol. The zero-order chi connectivity index (χ0) is 16.0. The van der Waals surface area contributed by atoms with Crippen LogP contribution < -0.4 is 10.2 Å². The maximum absolute atomic E-state index is 11.1. The minimum absolute atomic E-state index is 0.397. The number of benzene rings is 1. The number of hydrogen-bond donors (Lipinski definition) is 1. The molecule has 1 amide bonds. The van der Waals surface area contributed by atoms with Crippen LogP contribution in [0, 0.1) is 6.92 Å². The lowest BCUT2D eigenvalue weighted by Gasteiger charge is -2.34. The highest BCUT2D eigenvalue weighted by Gasteiger charge is 2.22. The summed E-state index contributed by atoms with van der Waals surface area (Å²) in [6.07, 6.45) is 2.18. The van der Waals surface area contributed by atoms with E-state index in [-0.39, 0.29) is 0 Å². The van der Waals surface area contributed by atoms with Crippen LogP contribution >= 0.6 is 0 Å². The molecule has 0 aliphatic heterocycles. The summed E-state index contributed by atoms with van der Waals surface area (Å²) in [6, 6.07) is 8.40. The number of aryl methyl sites for hydroxylation is 1. The number of allylic oxidation sites excluding steroid dienone is 1. The fourth-order valence-electron chi connectivity index (χ4n) is 2.16. The highest BCUT2D eigenvalue weighted by Crippen LogP contribution is 2.18. The number of nitrogens with one attached hydrogen (secondary N) is 1. The standard InChI is InChI=1S/C17H25BN2O/c1-13(2)10-11-20(12-17(4,5)19-16(18)21)15-8-6-14(3)7-9-15/h6-10H,11-12H2,1-5H3,(H,19,21). The quantitative estimate of drug-likeness (QED) is 0.641. The SMILES string of the molecule is [B]C(=O)NC(C)(C)CN(CC=C(C)C)c1ccc(C)cc1. The van der Waals surface area contributed by atoms with Gasteiger partial charge in [-0.25, -0.2) is 0 Å². The number of rotatable bonds is 6. The molecule has 2 radical (unpaired) electrons. The second-order valence-corrected chi connectivity index (χ2v) is 6.37. The average Bonchev–Trinajstić information content (AvgIpc) is 2.33. The summed E-state index contributed by atoms with van der Waals surface area (Å²) in [4.78, 5) is 13.4. The van der Waals surface area contributed by atoms with Gasteiger partial charge in [0.2, 0.25) is 7.85 Å². The molecule has 0 aliphatic carbocycles. The molecule has 112 valence electrons. The van der Waals surface area contributed by atoms with Crippen molar-refractivity contribution in [3.05, 3.63) is 41.5 Å². The first-order chi connectivity index (χ1) is 9.69. The first kappa shape index (κ1) is 17.3. The number of amides is 1. The fraction of sp³-hybridized carbons (Fsp3) is 0.471. The zero-order valence-electron chi connectivity index (χ0n) is 13.7. The van der Waals surface area contributed by atoms with Crippen molar-refractivity contribution in [2.75, 3.05) is 18.0 Å². The van der Waals surface area contributed by atoms with Gasteiger partial charge in [-0.15, -0.1) is 0 Å². The van der Waals surface area contributed by atoms with Crippen LogP contribution in [0.15, 0.2) is 35.9 Å². The van der Waals surface area contributed by atoms with Gasteiger partial charge in [-0.3, -0.25) is 4.79 Å². The van der Waals surface area contributed by atoms with Crippen molar-refractivity contribution in [1.29, 1.82) is 0 Å². The lowest BCUT2D eigenvalue weighted by molar-refractivity contribution is 0.250. The second-order valence-electron chi connectivity index (χ2n) is 6.37. The van der Waals surface area contributed by atoms with Gasteiger partial charge >= 0.3 is 0 Å². The van der Waals surface area contributed by atoms with E-state index in [9.17, 15) is 4.79 Å². The largest absolute Gasteiger partial charge is 0.365 e. The third-order valence-electron chi connectivity index (χ3n) is 3.17. The van der Waals surface area contributed by atoms with E-state index in [0.717, 1.165) is 12.2 Å². The van der Waals surface area contributed by atoms with Crippen molar-refractivity contribution in [3.8, 4) is 0 Å². The Kier molecular flexibility index (Phi) is 6.07. The van der Waals surface area contributed by atoms with E-state index < -0.39 is 11.3 Å². The smallest absolute Gasteiger partial charge is 0.200 e. The summed E-state index contributed by atoms with van der Waals surface area (Å²) in [6.45, 7) is 11.7. The van der Waals surface area contributed by atoms with Crippen LogP contribution in [0.3, 0.4) is 0 Å². The molecule has 1 rings (SSSR count). The first-order valence-electron chi connectivity index (χ1n) is 7.22. The molecule has 1 aromatic carbocycles. The first-order valence-corrected chi connectivity index (χ1v) is 7.22. The van der Waals surface area contributed by atoms with Crippen LogP contribution in [0.4, 0.5) is 10.5 Å². The summed E-state index contributed by atoms with van der Waals surface area (Å²) >= 11 is 0. The molecule has 0 spiro atoms. The van der Waals surface area contributed by atoms with E-state index in [1.807, 2.05) is 13.8 Å². The minimum Gasteiger partial charge on any atom is -0.365 e. The van der Waals surface area contributed by atoms with Crippen molar-refractivity contribution in [3.63, 3.8) is 0 Å². The molecule has 1 N–H and O–H groups in total. The Morgan fingerprint density at radius 1 is 1.29 bits per heavy atom. The van der Waals surface area contributed by atoms with Crippen LogP contribution in [-0.4, -0.2) is 32.3 Å². The van der Waals surface area contributed by atoms with Crippen LogP contribution in [0.5, 0.6) is 0 Å². The number of carbonyl (C=O) groups excluding carboxylic acids is 1. The van der Waals surface area contributed by atoms with Gasteiger partial charge in [0.25, 0.3) is 0 Å². The van der Waals surface area contributed by atoms with Crippen LogP contribution in [0.25, 0.3) is 0 Å². The highest BCUT2D eigenvalue weighted by atomic mass is 16.1. The topological polar surface area (TPSA) is 32.3 Å². The summed E-state index contributed by atoms with van der Waals surface area (Å²) < 4.78 is 0. The average molecular weight is 284 g/mol. The van der Waals surface area contributed by atoms with Crippen LogP contribution in [-0.2, 0) is 0 Å². The maximum atomic E-state index is 11.1. The Morgan fingerprint density at radius 2 is 1.86 bits per heavy atom. The van der Waals surface area contributed by atoms with E-state index in [1.54, 1.807) is 0 Å². The van der Waals surface area contributed by atoms with Gasteiger partial charge in [0.05, 0.1) is 5.54 Å². The predicted molar refractivity (Wildman–Crippen MR) is 91.2 cm³/mol. The Hall–Kier alpha value is -1.71. The van der Waals surface area contributed by atoms with E-state index >= 15 is 0 Å². The van der Waals surface area contributed by atoms with Crippen molar-refractivity contribution in [2.45, 2.75) is 40.2 Å². The van der Waals surface area contributed by atoms with Gasteiger partial charge in [-0.05, 0) is 46.8 Å². The van der Waals surface area contributed by atoms with Gasteiger partial charge in [0.15, 0.2) is 5.81 Å². The van der Waals surface area contributed by atoms with Gasteiger partial charge in [0, 0.05) is 18.8 Å². The van der Waals surface area contributed by atoms with Gasteiger partial charge in [0.1, 0.15) is 0 Å². The molecule has 3 nitrogen and oxygen atoms in total. The monoisotopic (exact) mass is 284 g/mol. The molecule has 4 heteroatoms. The third kappa shape index (κ3) is 6.52. The van der Waals surface area contributed by atoms with E-state index in [1.165, 1.54) is 11.1 Å². The minimum atomic E-state index is -0.494. The molecule has 0 fully saturated rings. The van der Waals surface area contributed by atoms with E-state index in [0.29, 0.717) is 6.54 Å². The zero-order valence-corrected chi connectivity index (χ0v) is 13.7. The van der Waals surface area contributed by atoms with E-state index in [2.05, 4.69) is 61.3 Å². The number of carbonyl (C=O) groups is 1. The lowest BCUT2D eigenvalue weighted by atomic mass is 10.0. The second kappa shape index (κ2) is 7.35. The molecule has 0 saturated carbocycles. The Labute approximate surface area is 129 Å². The summed E-state index contributed by atoms with van der Waals surface area (Å²) in [5.41, 5.74) is 3.24. The molecule has 1 aromatic rings. The molecular formula is C17H25BN2O. The lowest BCUT2D eigenvalue weighted by Crippen LogP contribution is -2.51. The highest BCUT2D eigenvalue weighted by molar-refractivity contribution is 6.57. The van der Waals surface area contributed by atoms with Crippen LogP contribution in [0.2, 0.25) is 0 Å². The normalized spacial score (nSPS) is 10.9. The number of hydrogen-bond acceptors (Lipinski definition) is 2. The van der Waals surface area contributed by atoms with Crippen molar-refractivity contribution >= 4 is 19.3 Å². The molecule has 0 heterocycles. The number of nitrogens with zero attached hydrogens (tertiary/aromatic N) is 1. The molecule has 0 aromatic heterocycles. The van der Waals surface area contributed by atoms with Crippen LogP contribution in [0.1, 0.15) is 33.3 Å². The summed E-state index contributed by atoms with van der Waals surface area (Å²) in [7, 11) is 5.25. The summed E-state index contributed by atoms with van der Waals surface area (Å²) in [5, 5.41) is 2.79. The molecule has 0 saturated heterocycles. The van der Waals surface area contributed by atoms with Gasteiger partial charge in [-0.1, -0.05) is 29.3 Å². The Morgan fingerprint density at radius 3 is 2.33 bits per heavy atom. The van der Waals surface area contributed by atoms with Gasteiger partial charge in [-0.2, -0.15) is 0 Å². The molecule has 21 heavy (non-hydrogen) atoms. The van der Waals surface area contributed by atoms with Crippen molar-refractivity contribution in [2.24, 2.45) is 0 Å². The Bertz CT molecular complexity index is 502. The van der Waals surface area contributed by atoms with Crippen molar-refractivity contribution in [1.82, 2.24) is 5.32 Å². The predicted octanol–water partition coefficient (Wildman–Crippen LogP) is 3.42. The van der Waals surface area contributed by atoms with Gasteiger partial charge < -0.3 is 10.2 Å². The Balaban J connectivity index is 2.94. The molecule has 0 aliphatic rings. The molecule has 0 atom stereocenters. The summed E-state index contributed by atoms with van der Waals surface area (Å²) in [5.74, 6) is -0.494.